The van der Waals surface area contributed by atoms with Crippen molar-refractivity contribution in [3.63, 3.8) is 0 Å². The molecule has 0 aliphatic heterocycles. The molecule has 330 valence electrons. The Kier molecular flexibility index (Phi) is 9.14. The normalized spacial score (nSPS) is 12.8. The number of nitrogens with zero attached hydrogens (tertiary/aromatic N) is 2. The first-order valence-corrected chi connectivity index (χ1v) is 25.0. The van der Waals surface area contributed by atoms with Crippen LogP contribution >= 0.6 is 11.3 Å². The second-order valence-corrected chi connectivity index (χ2v) is 20.4. The summed E-state index contributed by atoms with van der Waals surface area (Å²) in [7, 11) is 0. The molecule has 0 fully saturated rings. The third-order valence-corrected chi connectivity index (χ3v) is 16.2. The van der Waals surface area contributed by atoms with Crippen molar-refractivity contribution in [1.82, 2.24) is 4.57 Å². The van der Waals surface area contributed by atoms with Gasteiger partial charge >= 0.3 is 0 Å². The highest BCUT2D eigenvalue weighted by atomic mass is 32.1. The third kappa shape index (κ3) is 6.39. The summed E-state index contributed by atoms with van der Waals surface area (Å²) in [5.41, 5.74) is 19.4. The minimum Gasteiger partial charge on any atom is -0.310 e. The van der Waals surface area contributed by atoms with Crippen molar-refractivity contribution in [2.45, 2.75) is 19.3 Å². The van der Waals surface area contributed by atoms with Gasteiger partial charge in [-0.2, -0.15) is 0 Å². The molecule has 2 heterocycles. The lowest BCUT2D eigenvalue weighted by Crippen LogP contribution is -2.16. The zero-order valence-electron chi connectivity index (χ0n) is 38.9. The minimum atomic E-state index is -0.117. The standard InChI is InChI=1S/C67H46N2S/c1-67(2)61-22-11-9-20-54(61)55-36-34-53(41-62(55)67)68(52-19-13-18-47(38-52)44-16-7-4-8-17-44)50-30-26-46(27-31-50)48-29-37-63-59(39-48)60-40-49-28-35-57-56-21-10-12-23-65(56)70-66(57)58(49)42-64(60)69(63)51-32-24-45(25-33-51)43-14-5-3-6-15-43/h3-42H,1-2H3. The maximum atomic E-state index is 2.47. The summed E-state index contributed by atoms with van der Waals surface area (Å²) in [6, 6.07) is 89.9. The van der Waals surface area contributed by atoms with Crippen molar-refractivity contribution in [2.75, 3.05) is 4.90 Å². The largest absolute Gasteiger partial charge is 0.310 e. The summed E-state index contributed by atoms with van der Waals surface area (Å²) in [6.45, 7) is 4.72. The molecule has 0 N–H and O–H groups in total. The molecule has 0 spiro atoms. The van der Waals surface area contributed by atoms with Gasteiger partial charge in [0.15, 0.2) is 0 Å². The number of fused-ring (bicyclic) bond motifs is 11. The number of rotatable bonds is 7. The molecule has 0 atom stereocenters. The fourth-order valence-electron chi connectivity index (χ4n) is 11.4. The zero-order chi connectivity index (χ0) is 46.5. The number of hydrogen-bond acceptors (Lipinski definition) is 2. The van der Waals surface area contributed by atoms with E-state index >= 15 is 0 Å². The van der Waals surface area contributed by atoms with E-state index in [0.29, 0.717) is 0 Å². The van der Waals surface area contributed by atoms with Gasteiger partial charge in [-0.3, -0.25) is 0 Å². The minimum absolute atomic E-state index is 0.117. The van der Waals surface area contributed by atoms with Crippen LogP contribution in [0.2, 0.25) is 0 Å². The van der Waals surface area contributed by atoms with E-state index in [1.807, 2.05) is 11.3 Å². The third-order valence-electron chi connectivity index (χ3n) is 15.0. The number of thiophene rings is 1. The van der Waals surface area contributed by atoms with Crippen LogP contribution in [0.5, 0.6) is 0 Å². The predicted octanol–water partition coefficient (Wildman–Crippen LogP) is 19.1. The molecular weight excluding hydrogens is 865 g/mol. The van der Waals surface area contributed by atoms with Gasteiger partial charge in [-0.25, -0.2) is 0 Å². The van der Waals surface area contributed by atoms with Crippen LogP contribution in [0.15, 0.2) is 243 Å². The smallest absolute Gasteiger partial charge is 0.0547 e. The highest BCUT2D eigenvalue weighted by Crippen LogP contribution is 2.51. The van der Waals surface area contributed by atoms with Gasteiger partial charge < -0.3 is 9.47 Å². The summed E-state index contributed by atoms with van der Waals surface area (Å²) < 4.78 is 5.13. The Balaban J connectivity index is 0.908. The van der Waals surface area contributed by atoms with E-state index < -0.39 is 0 Å². The molecule has 0 saturated carbocycles. The van der Waals surface area contributed by atoms with E-state index in [0.717, 1.165) is 22.7 Å². The molecule has 3 heteroatoms. The van der Waals surface area contributed by atoms with E-state index in [2.05, 4.69) is 266 Å². The van der Waals surface area contributed by atoms with Gasteiger partial charge in [0.05, 0.1) is 11.0 Å². The van der Waals surface area contributed by atoms with Gasteiger partial charge in [0, 0.05) is 64.5 Å². The molecule has 2 aromatic heterocycles. The molecule has 0 bridgehead atoms. The van der Waals surface area contributed by atoms with E-state index in [9.17, 15) is 0 Å². The number of aromatic nitrogens is 1. The highest BCUT2D eigenvalue weighted by molar-refractivity contribution is 7.26. The lowest BCUT2D eigenvalue weighted by Gasteiger charge is -2.28. The van der Waals surface area contributed by atoms with Crippen molar-refractivity contribution in [3.05, 3.63) is 254 Å². The van der Waals surface area contributed by atoms with Crippen LogP contribution in [0.25, 0.3) is 103 Å². The van der Waals surface area contributed by atoms with Crippen molar-refractivity contribution in [2.24, 2.45) is 0 Å². The molecule has 0 unspecified atom stereocenters. The quantitative estimate of drug-likeness (QED) is 0.155. The highest BCUT2D eigenvalue weighted by Gasteiger charge is 2.35. The van der Waals surface area contributed by atoms with E-state index in [4.69, 9.17) is 0 Å². The fraction of sp³-hybridized carbons (Fsp3) is 0.0448. The molecule has 0 saturated heterocycles. The Labute approximate surface area is 411 Å². The van der Waals surface area contributed by atoms with Crippen LogP contribution in [0.4, 0.5) is 17.1 Å². The topological polar surface area (TPSA) is 8.17 Å². The number of benzene rings is 11. The monoisotopic (exact) mass is 910 g/mol. The molecular formula is C67H46N2S. The Morgan fingerprint density at radius 1 is 0.357 bits per heavy atom. The van der Waals surface area contributed by atoms with Crippen molar-refractivity contribution < 1.29 is 0 Å². The first-order chi connectivity index (χ1) is 34.4. The Bertz CT molecular complexity index is 4180. The predicted molar refractivity (Wildman–Crippen MR) is 300 cm³/mol. The van der Waals surface area contributed by atoms with E-state index in [-0.39, 0.29) is 5.41 Å². The van der Waals surface area contributed by atoms with Gasteiger partial charge in [-0.05, 0) is 140 Å². The SMILES string of the molecule is CC1(C)c2ccccc2-c2ccc(N(c3ccc(-c4ccc5c(c4)c4cc6ccc7c8ccccc8sc7c6cc4n5-c4ccc(-c5ccccc5)cc4)cc3)c3cccc(-c4ccccc4)c3)cc21. The van der Waals surface area contributed by atoms with Crippen molar-refractivity contribution >= 4 is 81.1 Å². The first kappa shape index (κ1) is 40.6. The van der Waals surface area contributed by atoms with Crippen LogP contribution in [0.3, 0.4) is 0 Å². The van der Waals surface area contributed by atoms with Crippen LogP contribution in [0.1, 0.15) is 25.0 Å². The Morgan fingerprint density at radius 2 is 0.957 bits per heavy atom. The summed E-state index contributed by atoms with van der Waals surface area (Å²) in [5, 5.41) is 7.68. The molecule has 0 amide bonds. The maximum absolute atomic E-state index is 2.47. The van der Waals surface area contributed by atoms with Gasteiger partial charge in [-0.15, -0.1) is 11.3 Å². The second kappa shape index (κ2) is 15.8. The summed E-state index contributed by atoms with van der Waals surface area (Å²) in [5.74, 6) is 0. The zero-order valence-corrected chi connectivity index (χ0v) is 39.7. The average Bonchev–Trinajstić information content (AvgIpc) is 4.04. The molecule has 13 aromatic rings. The van der Waals surface area contributed by atoms with Gasteiger partial charge in [0.2, 0.25) is 0 Å². The second-order valence-electron chi connectivity index (χ2n) is 19.3. The van der Waals surface area contributed by atoms with E-state index in [1.54, 1.807) is 0 Å². The summed E-state index contributed by atoms with van der Waals surface area (Å²) >= 11 is 1.90. The molecule has 1 aliphatic carbocycles. The van der Waals surface area contributed by atoms with E-state index in [1.165, 1.54) is 108 Å². The Hall–Kier alpha value is -8.50. The first-order valence-electron chi connectivity index (χ1n) is 24.2. The lowest BCUT2D eigenvalue weighted by molar-refractivity contribution is 0.660. The lowest BCUT2D eigenvalue weighted by atomic mass is 9.82. The van der Waals surface area contributed by atoms with Crippen LogP contribution < -0.4 is 4.90 Å². The van der Waals surface area contributed by atoms with Crippen LogP contribution in [-0.2, 0) is 5.41 Å². The average molecular weight is 911 g/mol. The maximum Gasteiger partial charge on any atom is 0.0547 e. The summed E-state index contributed by atoms with van der Waals surface area (Å²) in [6.07, 6.45) is 0. The van der Waals surface area contributed by atoms with Gasteiger partial charge in [0.1, 0.15) is 0 Å². The molecule has 2 nitrogen and oxygen atoms in total. The number of hydrogen-bond donors (Lipinski definition) is 0. The van der Waals surface area contributed by atoms with Gasteiger partial charge in [0.25, 0.3) is 0 Å². The Morgan fingerprint density at radius 3 is 1.77 bits per heavy atom. The summed E-state index contributed by atoms with van der Waals surface area (Å²) in [4.78, 5) is 2.42. The molecule has 70 heavy (non-hydrogen) atoms. The van der Waals surface area contributed by atoms with Crippen LogP contribution in [-0.4, -0.2) is 4.57 Å². The van der Waals surface area contributed by atoms with Crippen LogP contribution in [0, 0.1) is 0 Å². The molecule has 14 rings (SSSR count). The fourth-order valence-corrected chi connectivity index (χ4v) is 12.7. The molecule has 11 aromatic carbocycles. The number of anilines is 3. The molecule has 1 aliphatic rings. The van der Waals surface area contributed by atoms with Crippen molar-refractivity contribution in [1.29, 1.82) is 0 Å². The van der Waals surface area contributed by atoms with Gasteiger partial charge in [-0.1, -0.05) is 178 Å². The molecule has 0 radical (unpaired) electrons. The van der Waals surface area contributed by atoms with Crippen molar-refractivity contribution in [3.8, 4) is 50.2 Å².